The summed E-state index contributed by atoms with van der Waals surface area (Å²) in [6, 6.07) is 11.5. The number of nitrogens with one attached hydrogen (secondary N) is 1. The van der Waals surface area contributed by atoms with Gasteiger partial charge in [-0.2, -0.15) is 0 Å². The molecule has 8 heteroatoms. The SMILES string of the molecule is Cc1ccc(S(=O)(=O)CCC(=O)OCC(=O)Nc2ccc(C)cc2Cl)cc1. The van der Waals surface area contributed by atoms with Gasteiger partial charge in [0.1, 0.15) is 0 Å². The van der Waals surface area contributed by atoms with Crippen molar-refractivity contribution < 1.29 is 22.7 Å². The topological polar surface area (TPSA) is 89.5 Å². The van der Waals surface area contributed by atoms with Crippen LogP contribution < -0.4 is 5.32 Å². The zero-order valence-corrected chi connectivity index (χ0v) is 16.6. The predicted octanol–water partition coefficient (Wildman–Crippen LogP) is 3.30. The molecule has 0 aliphatic carbocycles. The number of carbonyl (C=O) groups excluding carboxylic acids is 2. The van der Waals surface area contributed by atoms with E-state index < -0.39 is 28.3 Å². The zero-order chi connectivity index (χ0) is 20.0. The van der Waals surface area contributed by atoms with Crippen molar-refractivity contribution in [3.63, 3.8) is 0 Å². The van der Waals surface area contributed by atoms with Crippen molar-refractivity contribution in [1.29, 1.82) is 0 Å². The Labute approximate surface area is 163 Å². The molecule has 0 radical (unpaired) electrons. The maximum atomic E-state index is 12.2. The Balaban J connectivity index is 1.81. The fourth-order valence-corrected chi connectivity index (χ4v) is 3.71. The number of hydrogen-bond donors (Lipinski definition) is 1. The van der Waals surface area contributed by atoms with Crippen LogP contribution in [0.15, 0.2) is 47.4 Å². The Hall–Kier alpha value is -2.38. The average molecular weight is 410 g/mol. The summed E-state index contributed by atoms with van der Waals surface area (Å²) in [5, 5.41) is 2.90. The molecule has 0 aliphatic rings. The molecule has 27 heavy (non-hydrogen) atoms. The van der Waals surface area contributed by atoms with Crippen LogP contribution in [0.4, 0.5) is 5.69 Å². The number of halogens is 1. The Morgan fingerprint density at radius 2 is 1.67 bits per heavy atom. The van der Waals surface area contributed by atoms with Gasteiger partial charge in [0.25, 0.3) is 5.91 Å². The van der Waals surface area contributed by atoms with Gasteiger partial charge in [0.05, 0.1) is 27.8 Å². The van der Waals surface area contributed by atoms with Crippen LogP contribution in [0.25, 0.3) is 0 Å². The highest BCUT2D eigenvalue weighted by atomic mass is 35.5. The number of ether oxygens (including phenoxy) is 1. The highest BCUT2D eigenvalue weighted by molar-refractivity contribution is 7.91. The maximum absolute atomic E-state index is 12.2. The van der Waals surface area contributed by atoms with Crippen molar-refractivity contribution in [1.82, 2.24) is 0 Å². The number of hydrogen-bond acceptors (Lipinski definition) is 5. The number of amides is 1. The molecule has 0 heterocycles. The average Bonchev–Trinajstić information content (AvgIpc) is 2.61. The molecular formula is C19H20ClNO5S. The minimum atomic E-state index is -3.59. The minimum absolute atomic E-state index is 0.146. The van der Waals surface area contributed by atoms with Gasteiger partial charge in [-0.1, -0.05) is 35.4 Å². The van der Waals surface area contributed by atoms with Crippen LogP contribution in [0, 0.1) is 13.8 Å². The van der Waals surface area contributed by atoms with Gasteiger partial charge < -0.3 is 10.1 Å². The molecule has 1 amide bonds. The van der Waals surface area contributed by atoms with Gasteiger partial charge in [-0.15, -0.1) is 0 Å². The highest BCUT2D eigenvalue weighted by Gasteiger charge is 2.17. The molecule has 6 nitrogen and oxygen atoms in total. The van der Waals surface area contributed by atoms with Crippen molar-refractivity contribution >= 4 is 39.0 Å². The highest BCUT2D eigenvalue weighted by Crippen LogP contribution is 2.22. The molecule has 2 rings (SSSR count). The number of anilines is 1. The second-order valence-corrected chi connectivity index (χ2v) is 8.59. The first kappa shape index (κ1) is 20.9. The first-order chi connectivity index (χ1) is 12.7. The smallest absolute Gasteiger partial charge is 0.307 e. The molecule has 1 N–H and O–H groups in total. The lowest BCUT2D eigenvalue weighted by Crippen LogP contribution is -2.22. The van der Waals surface area contributed by atoms with Gasteiger partial charge in [-0.05, 0) is 43.7 Å². The van der Waals surface area contributed by atoms with E-state index in [4.69, 9.17) is 16.3 Å². The number of benzene rings is 2. The zero-order valence-electron chi connectivity index (χ0n) is 15.0. The van der Waals surface area contributed by atoms with Crippen LogP contribution in [-0.4, -0.2) is 32.7 Å². The third-order valence-electron chi connectivity index (χ3n) is 3.72. The molecule has 0 unspecified atom stereocenters. The molecule has 0 aliphatic heterocycles. The lowest BCUT2D eigenvalue weighted by atomic mass is 10.2. The molecule has 144 valence electrons. The Morgan fingerprint density at radius 3 is 2.30 bits per heavy atom. The van der Waals surface area contributed by atoms with Crippen LogP contribution in [0.1, 0.15) is 17.5 Å². The quantitative estimate of drug-likeness (QED) is 0.708. The van der Waals surface area contributed by atoms with Crippen LogP contribution in [0.5, 0.6) is 0 Å². The largest absolute Gasteiger partial charge is 0.456 e. The van der Waals surface area contributed by atoms with E-state index in [9.17, 15) is 18.0 Å². The van der Waals surface area contributed by atoms with E-state index in [1.54, 1.807) is 30.3 Å². The maximum Gasteiger partial charge on any atom is 0.307 e. The molecule has 2 aromatic rings. The third kappa shape index (κ3) is 6.37. The van der Waals surface area contributed by atoms with Crippen molar-refractivity contribution in [2.75, 3.05) is 17.7 Å². The Kier molecular flexibility index (Phi) is 6.98. The summed E-state index contributed by atoms with van der Waals surface area (Å²) in [4.78, 5) is 23.7. The molecular weight excluding hydrogens is 390 g/mol. The summed E-state index contributed by atoms with van der Waals surface area (Å²) in [5.74, 6) is -1.72. The summed E-state index contributed by atoms with van der Waals surface area (Å²) in [6.07, 6.45) is -0.339. The number of carbonyl (C=O) groups is 2. The van der Waals surface area contributed by atoms with Crippen molar-refractivity contribution in [3.8, 4) is 0 Å². The van der Waals surface area contributed by atoms with E-state index in [1.807, 2.05) is 13.8 Å². The monoisotopic (exact) mass is 409 g/mol. The van der Waals surface area contributed by atoms with E-state index in [2.05, 4.69) is 5.32 Å². The van der Waals surface area contributed by atoms with Crippen LogP contribution in [0.3, 0.4) is 0 Å². The summed E-state index contributed by atoms with van der Waals surface area (Å²) in [7, 11) is -3.59. The second-order valence-electron chi connectivity index (χ2n) is 6.07. The molecule has 2 aromatic carbocycles. The number of esters is 1. The Morgan fingerprint density at radius 1 is 1.04 bits per heavy atom. The summed E-state index contributed by atoms with van der Waals surface area (Å²) in [6.45, 7) is 3.19. The van der Waals surface area contributed by atoms with Gasteiger partial charge in [-0.25, -0.2) is 8.42 Å². The van der Waals surface area contributed by atoms with E-state index in [0.29, 0.717) is 10.7 Å². The molecule has 0 spiro atoms. The first-order valence-electron chi connectivity index (χ1n) is 8.18. The third-order valence-corrected chi connectivity index (χ3v) is 5.76. The first-order valence-corrected chi connectivity index (χ1v) is 10.2. The van der Waals surface area contributed by atoms with Gasteiger partial charge in [-0.3, -0.25) is 9.59 Å². The summed E-state index contributed by atoms with van der Waals surface area (Å²) in [5.41, 5.74) is 2.29. The molecule has 0 bridgehead atoms. The fourth-order valence-electron chi connectivity index (χ4n) is 2.21. The van der Waals surface area contributed by atoms with Gasteiger partial charge in [0.2, 0.25) is 0 Å². The van der Waals surface area contributed by atoms with Crippen LogP contribution >= 0.6 is 11.6 Å². The van der Waals surface area contributed by atoms with E-state index in [0.717, 1.165) is 11.1 Å². The lowest BCUT2D eigenvalue weighted by molar-refractivity contribution is -0.146. The number of sulfone groups is 1. The number of aryl methyl sites for hydroxylation is 2. The molecule has 0 saturated heterocycles. The molecule has 0 atom stereocenters. The summed E-state index contributed by atoms with van der Waals surface area (Å²) < 4.78 is 29.2. The Bertz CT molecular complexity index is 939. The van der Waals surface area contributed by atoms with Gasteiger partial charge >= 0.3 is 5.97 Å². The lowest BCUT2D eigenvalue weighted by Gasteiger charge is -2.09. The normalized spacial score (nSPS) is 11.1. The predicted molar refractivity (Wildman–Crippen MR) is 104 cm³/mol. The van der Waals surface area contributed by atoms with Crippen LogP contribution in [-0.2, 0) is 24.2 Å². The van der Waals surface area contributed by atoms with Gasteiger partial charge in [0, 0.05) is 0 Å². The van der Waals surface area contributed by atoms with Gasteiger partial charge in [0.15, 0.2) is 16.4 Å². The van der Waals surface area contributed by atoms with Crippen molar-refractivity contribution in [3.05, 3.63) is 58.6 Å². The van der Waals surface area contributed by atoms with E-state index in [1.165, 1.54) is 12.1 Å². The second kappa shape index (κ2) is 9.01. The number of rotatable bonds is 7. The summed E-state index contributed by atoms with van der Waals surface area (Å²) >= 11 is 6.01. The standard InChI is InChI=1S/C19H20ClNO5S/c1-13-3-6-15(7-4-13)27(24,25)10-9-19(23)26-12-18(22)21-17-8-5-14(2)11-16(17)20/h3-8,11H,9-10,12H2,1-2H3,(H,21,22). The van der Waals surface area contributed by atoms with E-state index >= 15 is 0 Å². The molecule has 0 fully saturated rings. The van der Waals surface area contributed by atoms with Crippen molar-refractivity contribution in [2.45, 2.75) is 25.2 Å². The fraction of sp³-hybridized carbons (Fsp3) is 0.263. The van der Waals surface area contributed by atoms with Crippen molar-refractivity contribution in [2.24, 2.45) is 0 Å². The van der Waals surface area contributed by atoms with E-state index in [-0.39, 0.29) is 17.1 Å². The van der Waals surface area contributed by atoms with Crippen LogP contribution in [0.2, 0.25) is 5.02 Å². The molecule has 0 saturated carbocycles. The minimum Gasteiger partial charge on any atom is -0.456 e. The molecule has 0 aromatic heterocycles.